The first-order valence-corrected chi connectivity index (χ1v) is 9.54. The molecule has 2 aromatic carbocycles. The number of hydrogen-bond donors (Lipinski definition) is 0. The van der Waals surface area contributed by atoms with Crippen LogP contribution in [0, 0.1) is 0 Å². The van der Waals surface area contributed by atoms with Crippen LogP contribution in [0.4, 0.5) is 0 Å². The van der Waals surface area contributed by atoms with Crippen molar-refractivity contribution in [3.63, 3.8) is 0 Å². The molecule has 4 unspecified atom stereocenters. The third-order valence-electron chi connectivity index (χ3n) is 4.85. The van der Waals surface area contributed by atoms with Gasteiger partial charge in [0, 0.05) is 12.5 Å². The zero-order valence-corrected chi connectivity index (χ0v) is 16.2. The highest BCUT2D eigenvalue weighted by atomic mass is 16.6. The molecule has 0 bridgehead atoms. The van der Waals surface area contributed by atoms with Crippen LogP contribution in [0.1, 0.15) is 27.6 Å². The molecule has 0 spiro atoms. The van der Waals surface area contributed by atoms with Gasteiger partial charge in [0.2, 0.25) is 0 Å². The molecule has 1 heterocycles. The van der Waals surface area contributed by atoms with Crippen LogP contribution in [0.15, 0.2) is 72.3 Å². The number of benzene rings is 2. The standard InChI is InChI=1S/C23H20O7/c1-14(24)28-19-17(13-27-22(25)15-8-4-2-5-9-15)12-18-20(29-18)21(19)30-23(26)16-10-6-3-7-11-16/h2-12,18-21H,13H2,1H3. The van der Waals surface area contributed by atoms with Gasteiger partial charge in [0.25, 0.3) is 0 Å². The molecule has 0 amide bonds. The Bertz CT molecular complexity index is 968. The fraction of sp³-hybridized carbons (Fsp3) is 0.261. The molecule has 0 saturated carbocycles. The maximum atomic E-state index is 12.5. The molecule has 2 aliphatic rings. The molecule has 7 nitrogen and oxygen atoms in total. The van der Waals surface area contributed by atoms with Crippen molar-refractivity contribution >= 4 is 17.9 Å². The average molecular weight is 408 g/mol. The van der Waals surface area contributed by atoms with Crippen LogP contribution in [-0.2, 0) is 23.7 Å². The SMILES string of the molecule is CC(=O)OC1C(COC(=O)c2ccccc2)=CC2OC2C1OC(=O)c1ccccc1. The Balaban J connectivity index is 1.49. The smallest absolute Gasteiger partial charge is 0.338 e. The van der Waals surface area contributed by atoms with Crippen molar-refractivity contribution in [2.24, 2.45) is 0 Å². The lowest BCUT2D eigenvalue weighted by molar-refractivity contribution is -0.151. The summed E-state index contributed by atoms with van der Waals surface area (Å²) < 4.78 is 22.0. The van der Waals surface area contributed by atoms with Crippen molar-refractivity contribution in [2.45, 2.75) is 31.3 Å². The maximum absolute atomic E-state index is 12.5. The Kier molecular flexibility index (Phi) is 5.63. The van der Waals surface area contributed by atoms with E-state index < -0.39 is 36.2 Å². The summed E-state index contributed by atoms with van der Waals surface area (Å²) in [6, 6.07) is 17.1. The summed E-state index contributed by atoms with van der Waals surface area (Å²) in [6.07, 6.45) is -0.667. The fourth-order valence-electron chi connectivity index (χ4n) is 3.38. The van der Waals surface area contributed by atoms with Gasteiger partial charge in [-0.15, -0.1) is 0 Å². The van der Waals surface area contributed by atoms with E-state index in [1.165, 1.54) is 6.92 Å². The molecule has 4 atom stereocenters. The van der Waals surface area contributed by atoms with E-state index in [1.54, 1.807) is 66.7 Å². The maximum Gasteiger partial charge on any atom is 0.338 e. The molecular formula is C23H20O7. The summed E-state index contributed by atoms with van der Waals surface area (Å²) in [5.74, 6) is -1.59. The van der Waals surface area contributed by atoms with Crippen LogP contribution in [0.5, 0.6) is 0 Å². The van der Waals surface area contributed by atoms with Crippen LogP contribution in [0.2, 0.25) is 0 Å². The first-order valence-electron chi connectivity index (χ1n) is 9.54. The quantitative estimate of drug-likeness (QED) is 0.314. The topological polar surface area (TPSA) is 91.4 Å². The molecule has 30 heavy (non-hydrogen) atoms. The Labute approximate surface area is 173 Å². The Morgan fingerprint density at radius 1 is 0.867 bits per heavy atom. The van der Waals surface area contributed by atoms with Gasteiger partial charge in [-0.25, -0.2) is 9.59 Å². The number of epoxide rings is 1. The van der Waals surface area contributed by atoms with Gasteiger partial charge in [0.15, 0.2) is 12.2 Å². The van der Waals surface area contributed by atoms with Gasteiger partial charge in [-0.1, -0.05) is 36.4 Å². The Morgan fingerprint density at radius 3 is 2.07 bits per heavy atom. The van der Waals surface area contributed by atoms with Gasteiger partial charge in [0.1, 0.15) is 18.8 Å². The summed E-state index contributed by atoms with van der Waals surface area (Å²) >= 11 is 0. The summed E-state index contributed by atoms with van der Waals surface area (Å²) in [4.78, 5) is 36.5. The minimum atomic E-state index is -0.900. The molecule has 1 fully saturated rings. The summed E-state index contributed by atoms with van der Waals surface area (Å²) in [6.45, 7) is 1.15. The van der Waals surface area contributed by atoms with Gasteiger partial charge in [-0.3, -0.25) is 4.79 Å². The second-order valence-electron chi connectivity index (χ2n) is 7.02. The lowest BCUT2D eigenvalue weighted by Crippen LogP contribution is -2.44. The molecule has 1 saturated heterocycles. The van der Waals surface area contributed by atoms with Crippen molar-refractivity contribution in [1.29, 1.82) is 0 Å². The first-order chi connectivity index (χ1) is 14.5. The normalized spacial score (nSPS) is 24.1. The lowest BCUT2D eigenvalue weighted by atomic mass is 9.93. The van der Waals surface area contributed by atoms with Crippen LogP contribution in [-0.4, -0.2) is 48.9 Å². The lowest BCUT2D eigenvalue weighted by Gasteiger charge is -2.29. The predicted octanol–water partition coefficient (Wildman–Crippen LogP) is 2.71. The molecule has 1 aliphatic carbocycles. The number of carbonyl (C=O) groups is 3. The molecule has 154 valence electrons. The van der Waals surface area contributed by atoms with Crippen molar-refractivity contribution < 1.29 is 33.3 Å². The molecule has 4 rings (SSSR count). The number of rotatable bonds is 6. The highest BCUT2D eigenvalue weighted by Crippen LogP contribution is 2.39. The average Bonchev–Trinajstić information content (AvgIpc) is 3.54. The minimum Gasteiger partial charge on any atom is -0.457 e. The zero-order chi connectivity index (χ0) is 21.1. The van der Waals surface area contributed by atoms with Gasteiger partial charge in [-0.05, 0) is 30.3 Å². The minimum absolute atomic E-state index is 0.113. The second-order valence-corrected chi connectivity index (χ2v) is 7.02. The van der Waals surface area contributed by atoms with Gasteiger partial charge < -0.3 is 18.9 Å². The van der Waals surface area contributed by atoms with Gasteiger partial charge >= 0.3 is 17.9 Å². The Hall–Kier alpha value is -3.45. The monoisotopic (exact) mass is 408 g/mol. The molecule has 2 aromatic rings. The van der Waals surface area contributed by atoms with E-state index in [2.05, 4.69) is 0 Å². The number of ether oxygens (including phenoxy) is 4. The third kappa shape index (κ3) is 4.41. The number of hydrogen-bond acceptors (Lipinski definition) is 7. The highest BCUT2D eigenvalue weighted by Gasteiger charge is 2.55. The van der Waals surface area contributed by atoms with Crippen molar-refractivity contribution in [2.75, 3.05) is 6.61 Å². The van der Waals surface area contributed by atoms with E-state index in [4.69, 9.17) is 18.9 Å². The van der Waals surface area contributed by atoms with E-state index in [-0.39, 0.29) is 12.7 Å². The third-order valence-corrected chi connectivity index (χ3v) is 4.85. The summed E-state index contributed by atoms with van der Waals surface area (Å²) in [5, 5.41) is 0. The van der Waals surface area contributed by atoms with Crippen molar-refractivity contribution in [1.82, 2.24) is 0 Å². The molecule has 0 aromatic heterocycles. The van der Waals surface area contributed by atoms with E-state index in [1.807, 2.05) is 0 Å². The molecule has 1 aliphatic heterocycles. The molecular weight excluding hydrogens is 388 g/mol. The van der Waals surface area contributed by atoms with Crippen LogP contribution < -0.4 is 0 Å². The molecule has 7 heteroatoms. The van der Waals surface area contributed by atoms with Crippen LogP contribution in [0.3, 0.4) is 0 Å². The summed E-state index contributed by atoms with van der Waals surface area (Å²) in [5.41, 5.74) is 1.30. The Morgan fingerprint density at radius 2 is 1.47 bits per heavy atom. The highest BCUT2D eigenvalue weighted by molar-refractivity contribution is 5.90. The van der Waals surface area contributed by atoms with Gasteiger partial charge in [0.05, 0.1) is 11.1 Å². The van der Waals surface area contributed by atoms with Crippen LogP contribution in [0.25, 0.3) is 0 Å². The van der Waals surface area contributed by atoms with E-state index >= 15 is 0 Å². The number of fused-ring (bicyclic) bond motifs is 1. The first kappa shape index (κ1) is 19.8. The van der Waals surface area contributed by atoms with Gasteiger partial charge in [-0.2, -0.15) is 0 Å². The fourth-order valence-corrected chi connectivity index (χ4v) is 3.38. The molecule has 0 radical (unpaired) electrons. The largest absolute Gasteiger partial charge is 0.457 e. The van der Waals surface area contributed by atoms with Crippen molar-refractivity contribution in [3.8, 4) is 0 Å². The predicted molar refractivity (Wildman–Crippen MR) is 105 cm³/mol. The van der Waals surface area contributed by atoms with Crippen LogP contribution >= 0.6 is 0 Å². The molecule has 0 N–H and O–H groups in total. The number of carbonyl (C=O) groups excluding carboxylic acids is 3. The van der Waals surface area contributed by atoms with E-state index in [0.717, 1.165) is 0 Å². The second kappa shape index (κ2) is 8.51. The zero-order valence-electron chi connectivity index (χ0n) is 16.2. The van der Waals surface area contributed by atoms with E-state index in [0.29, 0.717) is 16.7 Å². The number of esters is 3. The van der Waals surface area contributed by atoms with Crippen molar-refractivity contribution in [3.05, 3.63) is 83.4 Å². The van der Waals surface area contributed by atoms with E-state index in [9.17, 15) is 14.4 Å². The summed E-state index contributed by atoms with van der Waals surface area (Å²) in [7, 11) is 0.